The maximum absolute atomic E-state index is 13.2. The van der Waals surface area contributed by atoms with Crippen LogP contribution >= 0.6 is 0 Å². The lowest BCUT2D eigenvalue weighted by Gasteiger charge is -2.40. The average Bonchev–Trinajstić information content (AvgIpc) is 3.43. The molecule has 1 N–H and O–H groups in total. The molecular weight excluding hydrogens is 460 g/mol. The molecule has 0 radical (unpaired) electrons. The summed E-state index contributed by atoms with van der Waals surface area (Å²) >= 11 is 0. The predicted octanol–water partition coefficient (Wildman–Crippen LogP) is 4.21. The first-order valence-corrected chi connectivity index (χ1v) is 12.0. The number of hydrogen-bond acceptors (Lipinski definition) is 5. The van der Waals surface area contributed by atoms with Crippen LogP contribution in [0.5, 0.6) is 0 Å². The van der Waals surface area contributed by atoms with E-state index in [-0.39, 0.29) is 29.6 Å². The van der Waals surface area contributed by atoms with Crippen LogP contribution in [0.2, 0.25) is 0 Å². The van der Waals surface area contributed by atoms with Crippen LogP contribution < -0.4 is 15.1 Å². The summed E-state index contributed by atoms with van der Waals surface area (Å²) in [5.41, 5.74) is 3.82. The number of rotatable bonds is 3. The van der Waals surface area contributed by atoms with E-state index in [0.717, 1.165) is 11.1 Å². The first kappa shape index (κ1) is 23.6. The van der Waals surface area contributed by atoms with Gasteiger partial charge in [0.05, 0.1) is 36.9 Å². The molecule has 1 aromatic heterocycles. The molecule has 0 bridgehead atoms. The Kier molecular flexibility index (Phi) is 6.47. The summed E-state index contributed by atoms with van der Waals surface area (Å²) in [5, 5.41) is 2.92. The Labute approximate surface area is 209 Å². The summed E-state index contributed by atoms with van der Waals surface area (Å²) in [4.78, 5) is 43.3. The van der Waals surface area contributed by atoms with Gasteiger partial charge >= 0.3 is 6.03 Å². The zero-order valence-corrected chi connectivity index (χ0v) is 20.3. The number of carbonyl (C=O) groups excluding carboxylic acids is 3. The standard InChI is InChI=1S/C27H28N4O5/c1-18-17-30(26(33)25-4-3-13-36-25)24-16-21(7-10-23(24)31(18)19(2)32)20-5-8-22(9-6-20)28-27(34)29-11-14-35-15-12-29/h3-10,13,16,18H,11-12,14-15,17H2,1-2H3,(H,28,34). The highest BCUT2D eigenvalue weighted by Crippen LogP contribution is 2.39. The van der Waals surface area contributed by atoms with Crippen molar-refractivity contribution in [2.45, 2.75) is 19.9 Å². The van der Waals surface area contributed by atoms with Gasteiger partial charge in [-0.15, -0.1) is 0 Å². The van der Waals surface area contributed by atoms with Crippen LogP contribution in [0.1, 0.15) is 24.4 Å². The second-order valence-electron chi connectivity index (χ2n) is 8.94. The van der Waals surface area contributed by atoms with E-state index in [1.807, 2.05) is 49.4 Å². The number of nitrogens with zero attached hydrogens (tertiary/aromatic N) is 3. The monoisotopic (exact) mass is 488 g/mol. The van der Waals surface area contributed by atoms with E-state index in [4.69, 9.17) is 9.15 Å². The molecule has 1 saturated heterocycles. The van der Waals surface area contributed by atoms with Gasteiger partial charge in [-0.05, 0) is 54.4 Å². The topological polar surface area (TPSA) is 95.3 Å². The summed E-state index contributed by atoms with van der Waals surface area (Å²) < 4.78 is 10.7. The molecule has 36 heavy (non-hydrogen) atoms. The van der Waals surface area contributed by atoms with E-state index in [1.165, 1.54) is 13.2 Å². The molecule has 0 spiro atoms. The van der Waals surface area contributed by atoms with E-state index in [9.17, 15) is 14.4 Å². The normalized spacial score (nSPS) is 17.5. The average molecular weight is 489 g/mol. The van der Waals surface area contributed by atoms with Crippen LogP contribution in [0.25, 0.3) is 11.1 Å². The number of morpholine rings is 1. The van der Waals surface area contributed by atoms with Gasteiger partial charge in [0.1, 0.15) is 0 Å². The third kappa shape index (κ3) is 4.57. The van der Waals surface area contributed by atoms with Crippen molar-refractivity contribution in [3.8, 4) is 11.1 Å². The van der Waals surface area contributed by atoms with E-state index in [1.54, 1.807) is 26.8 Å². The molecule has 0 aliphatic carbocycles. The maximum atomic E-state index is 13.2. The Morgan fingerprint density at radius 1 is 0.944 bits per heavy atom. The number of carbonyl (C=O) groups is 3. The van der Waals surface area contributed by atoms with Gasteiger partial charge in [-0.25, -0.2) is 4.79 Å². The summed E-state index contributed by atoms with van der Waals surface area (Å²) in [7, 11) is 0. The molecule has 4 amide bonds. The van der Waals surface area contributed by atoms with Gasteiger partial charge in [0.2, 0.25) is 5.91 Å². The summed E-state index contributed by atoms with van der Waals surface area (Å²) in [5.74, 6) is -0.0909. The molecular formula is C27H28N4O5. The Hall–Kier alpha value is -4.11. The van der Waals surface area contributed by atoms with Gasteiger partial charge in [-0.2, -0.15) is 0 Å². The Morgan fingerprint density at radius 2 is 1.67 bits per heavy atom. The maximum Gasteiger partial charge on any atom is 0.321 e. The van der Waals surface area contributed by atoms with Gasteiger partial charge in [-0.1, -0.05) is 18.2 Å². The molecule has 1 unspecified atom stereocenters. The molecule has 2 aliphatic rings. The van der Waals surface area contributed by atoms with Crippen molar-refractivity contribution in [3.05, 3.63) is 66.6 Å². The minimum atomic E-state index is -0.255. The quantitative estimate of drug-likeness (QED) is 0.596. The SMILES string of the molecule is CC(=O)N1c2ccc(-c3ccc(NC(=O)N4CCOCC4)cc3)cc2N(C(=O)c2ccco2)CC1C. The second kappa shape index (κ2) is 9.87. The molecule has 0 saturated carbocycles. The first-order chi connectivity index (χ1) is 17.4. The van der Waals surface area contributed by atoms with E-state index in [2.05, 4.69) is 5.32 Å². The Morgan fingerprint density at radius 3 is 2.33 bits per heavy atom. The molecule has 5 rings (SSSR count). The number of benzene rings is 2. The van der Waals surface area contributed by atoms with Crippen molar-refractivity contribution < 1.29 is 23.5 Å². The van der Waals surface area contributed by atoms with Crippen LogP contribution in [0.3, 0.4) is 0 Å². The third-order valence-corrected chi connectivity index (χ3v) is 6.50. The predicted molar refractivity (Wildman–Crippen MR) is 136 cm³/mol. The number of ether oxygens (including phenoxy) is 1. The zero-order valence-electron chi connectivity index (χ0n) is 20.3. The van der Waals surface area contributed by atoms with Gasteiger partial charge in [0.15, 0.2) is 5.76 Å². The zero-order chi connectivity index (χ0) is 25.2. The Bertz CT molecular complexity index is 1270. The number of anilines is 3. The van der Waals surface area contributed by atoms with Crippen molar-refractivity contribution in [1.82, 2.24) is 4.90 Å². The fraction of sp³-hybridized carbons (Fsp3) is 0.296. The summed E-state index contributed by atoms with van der Waals surface area (Å²) in [6.07, 6.45) is 1.47. The van der Waals surface area contributed by atoms with Gasteiger partial charge < -0.3 is 29.2 Å². The lowest BCUT2D eigenvalue weighted by molar-refractivity contribution is -0.117. The Balaban J connectivity index is 1.43. The van der Waals surface area contributed by atoms with Crippen LogP contribution in [0, 0.1) is 0 Å². The largest absolute Gasteiger partial charge is 0.459 e. The lowest BCUT2D eigenvalue weighted by Crippen LogP contribution is -2.51. The number of fused-ring (bicyclic) bond motifs is 1. The molecule has 9 nitrogen and oxygen atoms in total. The highest BCUT2D eigenvalue weighted by atomic mass is 16.5. The summed E-state index contributed by atoms with van der Waals surface area (Å²) in [6, 6.07) is 16.2. The number of hydrogen-bond donors (Lipinski definition) is 1. The van der Waals surface area contributed by atoms with Crippen LogP contribution in [-0.2, 0) is 9.53 Å². The van der Waals surface area contributed by atoms with Crippen LogP contribution in [0.4, 0.5) is 21.9 Å². The lowest BCUT2D eigenvalue weighted by atomic mass is 10.00. The van der Waals surface area contributed by atoms with Crippen molar-refractivity contribution in [2.75, 3.05) is 48.0 Å². The molecule has 9 heteroatoms. The molecule has 3 heterocycles. The second-order valence-corrected chi connectivity index (χ2v) is 8.94. The molecule has 3 aromatic rings. The molecule has 2 aromatic carbocycles. The molecule has 186 valence electrons. The smallest absolute Gasteiger partial charge is 0.321 e. The van der Waals surface area contributed by atoms with E-state index >= 15 is 0 Å². The summed E-state index contributed by atoms with van der Waals surface area (Å²) in [6.45, 7) is 6.03. The first-order valence-electron chi connectivity index (χ1n) is 12.0. The van der Waals surface area contributed by atoms with Crippen molar-refractivity contribution in [3.63, 3.8) is 0 Å². The molecule has 1 atom stereocenters. The van der Waals surface area contributed by atoms with Crippen molar-refractivity contribution in [1.29, 1.82) is 0 Å². The molecule has 1 fully saturated rings. The fourth-order valence-electron chi connectivity index (χ4n) is 4.73. The van der Waals surface area contributed by atoms with E-state index < -0.39 is 0 Å². The van der Waals surface area contributed by atoms with Crippen molar-refractivity contribution >= 4 is 34.9 Å². The van der Waals surface area contributed by atoms with Gasteiger partial charge in [-0.3, -0.25) is 9.59 Å². The third-order valence-electron chi connectivity index (χ3n) is 6.50. The van der Waals surface area contributed by atoms with Crippen LogP contribution in [0.15, 0.2) is 65.3 Å². The van der Waals surface area contributed by atoms with E-state index in [0.29, 0.717) is 49.9 Å². The highest BCUT2D eigenvalue weighted by Gasteiger charge is 2.35. The fourth-order valence-corrected chi connectivity index (χ4v) is 4.73. The van der Waals surface area contributed by atoms with Crippen molar-refractivity contribution in [2.24, 2.45) is 0 Å². The minimum Gasteiger partial charge on any atom is -0.459 e. The highest BCUT2D eigenvalue weighted by molar-refractivity contribution is 6.10. The number of urea groups is 1. The van der Waals surface area contributed by atoms with Gasteiger partial charge in [0, 0.05) is 32.2 Å². The number of furan rings is 1. The van der Waals surface area contributed by atoms with Gasteiger partial charge in [0.25, 0.3) is 5.91 Å². The minimum absolute atomic E-state index is 0.0815. The number of amides is 4. The van der Waals surface area contributed by atoms with Crippen LogP contribution in [-0.4, -0.2) is 61.6 Å². The number of nitrogens with one attached hydrogen (secondary N) is 1. The molecule has 2 aliphatic heterocycles.